The fourth-order valence-electron chi connectivity index (χ4n) is 3.04. The smallest absolute Gasteiger partial charge is 0.308 e. The molecule has 0 saturated carbocycles. The Balaban J connectivity index is 2.70. The number of hydrogen-bond donors (Lipinski definition) is 1. The highest BCUT2D eigenvalue weighted by Gasteiger charge is 2.31. The molecule has 0 amide bonds. The van der Waals surface area contributed by atoms with Crippen LogP contribution < -0.4 is 0 Å². The van der Waals surface area contributed by atoms with Gasteiger partial charge in [0.05, 0.1) is 19.1 Å². The van der Waals surface area contributed by atoms with Gasteiger partial charge in [-0.3, -0.25) is 4.79 Å². The highest BCUT2D eigenvalue weighted by atomic mass is 16.5. The Morgan fingerprint density at radius 2 is 1.62 bits per heavy atom. The fourth-order valence-corrected chi connectivity index (χ4v) is 3.04. The van der Waals surface area contributed by atoms with Gasteiger partial charge in [-0.05, 0) is 31.8 Å². The Kier molecular flexibility index (Phi) is 8.67. The van der Waals surface area contributed by atoms with Gasteiger partial charge < -0.3 is 9.84 Å². The van der Waals surface area contributed by atoms with E-state index >= 15 is 0 Å². The molecule has 0 aromatic heterocycles. The van der Waals surface area contributed by atoms with E-state index in [1.165, 1.54) is 52.1 Å². The number of carbonyl (C=O) groups is 1. The lowest BCUT2D eigenvalue weighted by Crippen LogP contribution is -2.33. The molecule has 1 aliphatic rings. The van der Waals surface area contributed by atoms with E-state index in [0.29, 0.717) is 6.42 Å². The van der Waals surface area contributed by atoms with E-state index in [0.717, 1.165) is 24.8 Å². The molecule has 0 radical (unpaired) electrons. The van der Waals surface area contributed by atoms with Gasteiger partial charge in [-0.2, -0.15) is 0 Å². The molecular formula is C18H32O3. The van der Waals surface area contributed by atoms with E-state index in [-0.39, 0.29) is 12.4 Å². The number of allylic oxidation sites excluding steroid dienone is 1. The van der Waals surface area contributed by atoms with E-state index < -0.39 is 5.60 Å². The highest BCUT2D eigenvalue weighted by molar-refractivity contribution is 5.71. The van der Waals surface area contributed by atoms with Crippen molar-refractivity contribution in [2.75, 3.05) is 7.11 Å². The van der Waals surface area contributed by atoms with Crippen molar-refractivity contribution in [3.8, 4) is 0 Å². The van der Waals surface area contributed by atoms with Crippen LogP contribution in [-0.4, -0.2) is 23.8 Å². The molecule has 3 nitrogen and oxygen atoms in total. The molecule has 1 unspecified atom stereocenters. The first kappa shape index (κ1) is 18.2. The van der Waals surface area contributed by atoms with Crippen LogP contribution in [-0.2, 0) is 9.53 Å². The van der Waals surface area contributed by atoms with Crippen molar-refractivity contribution in [1.82, 2.24) is 0 Å². The van der Waals surface area contributed by atoms with Gasteiger partial charge in [-0.25, -0.2) is 0 Å². The third kappa shape index (κ3) is 7.12. The van der Waals surface area contributed by atoms with Crippen LogP contribution in [0.25, 0.3) is 0 Å². The minimum Gasteiger partial charge on any atom is -0.469 e. The topological polar surface area (TPSA) is 46.5 Å². The van der Waals surface area contributed by atoms with Crippen molar-refractivity contribution in [2.24, 2.45) is 0 Å². The molecular weight excluding hydrogens is 264 g/mol. The van der Waals surface area contributed by atoms with Crippen LogP contribution in [0.15, 0.2) is 11.6 Å². The van der Waals surface area contributed by atoms with Crippen LogP contribution >= 0.6 is 0 Å². The van der Waals surface area contributed by atoms with Crippen LogP contribution in [0.1, 0.15) is 84.0 Å². The molecule has 0 heterocycles. The van der Waals surface area contributed by atoms with Crippen molar-refractivity contribution in [1.29, 1.82) is 0 Å². The molecule has 0 fully saturated rings. The third-order valence-electron chi connectivity index (χ3n) is 4.64. The van der Waals surface area contributed by atoms with Crippen LogP contribution in [0.2, 0.25) is 0 Å². The van der Waals surface area contributed by atoms with Gasteiger partial charge in [-0.1, -0.05) is 57.4 Å². The predicted octanol–water partition coefficient (Wildman–Crippen LogP) is 4.53. The fraction of sp³-hybridized carbons (Fsp3) is 0.833. The maximum absolute atomic E-state index is 11.6. The number of ether oxygens (including phenoxy) is 1. The van der Waals surface area contributed by atoms with E-state index in [2.05, 4.69) is 6.08 Å². The maximum atomic E-state index is 11.6. The SMILES string of the molecule is COC(=O)CC1(O)CCCCCCCCCCCC=C1C. The molecule has 1 N–H and O–H groups in total. The maximum Gasteiger partial charge on any atom is 0.308 e. The second-order valence-electron chi connectivity index (χ2n) is 6.39. The first-order chi connectivity index (χ1) is 10.1. The van der Waals surface area contributed by atoms with E-state index in [4.69, 9.17) is 4.74 Å². The van der Waals surface area contributed by atoms with Gasteiger partial charge >= 0.3 is 5.97 Å². The minimum absolute atomic E-state index is 0.0752. The Bertz CT molecular complexity index is 335. The molecule has 122 valence electrons. The number of carbonyl (C=O) groups excluding carboxylic acids is 1. The minimum atomic E-state index is -1.02. The summed E-state index contributed by atoms with van der Waals surface area (Å²) >= 11 is 0. The number of rotatable bonds is 2. The molecule has 0 aliphatic heterocycles. The van der Waals surface area contributed by atoms with Gasteiger partial charge in [0.2, 0.25) is 0 Å². The number of aliphatic hydroxyl groups is 1. The number of methoxy groups -OCH3 is 1. The zero-order valence-corrected chi connectivity index (χ0v) is 13.8. The Hall–Kier alpha value is -0.830. The van der Waals surface area contributed by atoms with Gasteiger partial charge in [0.1, 0.15) is 0 Å². The zero-order valence-electron chi connectivity index (χ0n) is 13.8. The molecule has 1 atom stereocenters. The number of esters is 1. The first-order valence-electron chi connectivity index (χ1n) is 8.55. The normalized spacial score (nSPS) is 26.5. The summed E-state index contributed by atoms with van der Waals surface area (Å²) in [7, 11) is 1.38. The zero-order chi connectivity index (χ0) is 15.6. The Labute approximate surface area is 129 Å². The monoisotopic (exact) mass is 296 g/mol. The van der Waals surface area contributed by atoms with Crippen molar-refractivity contribution >= 4 is 5.97 Å². The molecule has 1 rings (SSSR count). The van der Waals surface area contributed by atoms with Crippen molar-refractivity contribution in [2.45, 2.75) is 89.6 Å². The highest BCUT2D eigenvalue weighted by Crippen LogP contribution is 2.29. The Morgan fingerprint density at radius 1 is 1.10 bits per heavy atom. The molecule has 0 aromatic rings. The molecule has 0 aromatic carbocycles. The standard InChI is InChI=1S/C18H32O3/c1-16-13-11-9-7-5-3-4-6-8-10-12-14-18(16,20)15-17(19)21-2/h13,20H,3-12,14-15H2,1-2H3. The average molecular weight is 296 g/mol. The Morgan fingerprint density at radius 3 is 2.19 bits per heavy atom. The molecule has 21 heavy (non-hydrogen) atoms. The van der Waals surface area contributed by atoms with Gasteiger partial charge in [0.15, 0.2) is 0 Å². The molecule has 1 aliphatic carbocycles. The van der Waals surface area contributed by atoms with Crippen molar-refractivity contribution in [3.63, 3.8) is 0 Å². The lowest BCUT2D eigenvalue weighted by molar-refractivity contribution is -0.145. The van der Waals surface area contributed by atoms with Crippen molar-refractivity contribution < 1.29 is 14.6 Å². The molecule has 0 saturated heterocycles. The summed E-state index contributed by atoms with van der Waals surface area (Å²) in [5, 5.41) is 10.9. The third-order valence-corrected chi connectivity index (χ3v) is 4.64. The molecule has 3 heteroatoms. The summed E-state index contributed by atoms with van der Waals surface area (Å²) in [6.45, 7) is 1.95. The van der Waals surface area contributed by atoms with E-state index in [1.54, 1.807) is 0 Å². The van der Waals surface area contributed by atoms with E-state index in [1.807, 2.05) is 6.92 Å². The van der Waals surface area contributed by atoms with Gasteiger partial charge in [0.25, 0.3) is 0 Å². The molecule has 0 bridgehead atoms. The quantitative estimate of drug-likeness (QED) is 0.601. The van der Waals surface area contributed by atoms with Crippen LogP contribution in [0.5, 0.6) is 0 Å². The van der Waals surface area contributed by atoms with E-state index in [9.17, 15) is 9.90 Å². The summed E-state index contributed by atoms with van der Waals surface area (Å²) in [6.07, 6.45) is 14.9. The summed E-state index contributed by atoms with van der Waals surface area (Å²) in [4.78, 5) is 11.6. The van der Waals surface area contributed by atoms with Gasteiger partial charge in [0, 0.05) is 0 Å². The van der Waals surface area contributed by atoms with Gasteiger partial charge in [-0.15, -0.1) is 0 Å². The summed E-state index contributed by atoms with van der Waals surface area (Å²) in [5.41, 5.74) is -0.0815. The van der Waals surface area contributed by atoms with Crippen LogP contribution in [0, 0.1) is 0 Å². The lowest BCUT2D eigenvalue weighted by Gasteiger charge is -2.28. The largest absolute Gasteiger partial charge is 0.469 e. The lowest BCUT2D eigenvalue weighted by atomic mass is 9.84. The number of hydrogen-bond acceptors (Lipinski definition) is 3. The van der Waals surface area contributed by atoms with Crippen molar-refractivity contribution in [3.05, 3.63) is 11.6 Å². The van der Waals surface area contributed by atoms with Crippen LogP contribution in [0.4, 0.5) is 0 Å². The van der Waals surface area contributed by atoms with Crippen LogP contribution in [0.3, 0.4) is 0 Å². The average Bonchev–Trinajstić information content (AvgIpc) is 2.47. The summed E-state index contributed by atoms with van der Waals surface area (Å²) in [5.74, 6) is -0.327. The summed E-state index contributed by atoms with van der Waals surface area (Å²) in [6, 6.07) is 0. The summed E-state index contributed by atoms with van der Waals surface area (Å²) < 4.78 is 4.75. The first-order valence-corrected chi connectivity index (χ1v) is 8.55. The molecule has 0 spiro atoms. The second kappa shape index (κ2) is 9.99. The predicted molar refractivity (Wildman–Crippen MR) is 86.1 cm³/mol. The second-order valence-corrected chi connectivity index (χ2v) is 6.39.